The first-order valence-corrected chi connectivity index (χ1v) is 26.9. The average Bonchev–Trinajstić information content (AvgIpc) is 3.55. The van der Waals surface area contributed by atoms with E-state index >= 15 is 9.90 Å². The molecular weight excluding hydrogens is 903 g/mol. The van der Waals surface area contributed by atoms with Crippen LogP contribution in [0.15, 0.2) is 120 Å². The molecule has 4 N–H and O–H groups in total. The minimum Gasteiger partial charge on any atom is -0.871 e. The Kier molecular flexibility index (Phi) is 10.0. The fourth-order valence-corrected chi connectivity index (χ4v) is 15.0. The molecule has 0 amide bonds. The van der Waals surface area contributed by atoms with E-state index in [4.69, 9.17) is 0 Å². The molecular formula is C64H65N5O4. The molecule has 2 fully saturated rings. The molecule has 9 nitrogen and oxygen atoms in total. The summed E-state index contributed by atoms with van der Waals surface area (Å²) >= 11 is 0. The lowest BCUT2D eigenvalue weighted by atomic mass is 9.74. The summed E-state index contributed by atoms with van der Waals surface area (Å²) in [5, 5.41) is 46.5. The van der Waals surface area contributed by atoms with Crippen molar-refractivity contribution in [3.63, 3.8) is 0 Å². The number of carbonyl (C=O) groups is 2. The molecule has 13 rings (SSSR count). The van der Waals surface area contributed by atoms with Crippen molar-refractivity contribution < 1.29 is 29.8 Å². The summed E-state index contributed by atoms with van der Waals surface area (Å²) < 4.78 is 0. The van der Waals surface area contributed by atoms with Crippen molar-refractivity contribution in [1.82, 2.24) is 0 Å². The molecule has 2 saturated carbocycles. The molecule has 3 aliphatic heterocycles. The van der Waals surface area contributed by atoms with E-state index in [2.05, 4.69) is 136 Å². The molecule has 73 heavy (non-hydrogen) atoms. The highest BCUT2D eigenvalue weighted by Gasteiger charge is 2.49. The van der Waals surface area contributed by atoms with Gasteiger partial charge in [0.25, 0.3) is 0 Å². The molecule has 0 radical (unpaired) electrons. The standard InChI is InChI=1S/C64H65N5O4/c1-33(2)24-25-69-47-23-19-38-12-9-10-14-41(38)54(47)62(7,8)48(69)28-45-58(70)51(59(45)71)42-21-17-40-18-22-44(57-50(40)56(42)67-64(68-57)31-36(5)27-37(6)32-64)53-60(72)52(61(53)73)43-20-16-39-13-11-15-46-49(39)55(43)66-63(65-46)29-34(3)26-35(4)30-63/h9-23,28,33-37,65,68,70,72H,24-27,29-32H2,1-8H3/b48-28-,51-42-,52-43-. The zero-order chi connectivity index (χ0) is 50.6. The highest BCUT2D eigenvalue weighted by Crippen LogP contribution is 2.52. The monoisotopic (exact) mass is 968 g/mol. The van der Waals surface area contributed by atoms with Gasteiger partial charge >= 0.3 is 0 Å². The van der Waals surface area contributed by atoms with Crippen LogP contribution in [0.3, 0.4) is 0 Å². The van der Waals surface area contributed by atoms with Gasteiger partial charge in [0.1, 0.15) is 0 Å². The van der Waals surface area contributed by atoms with Crippen LogP contribution in [0.2, 0.25) is 0 Å². The van der Waals surface area contributed by atoms with Gasteiger partial charge in [-0.25, -0.2) is 9.98 Å². The normalized spacial score (nSPS) is 28.9. The zero-order valence-electron chi connectivity index (χ0n) is 43.4. The topological polar surface area (TPSA) is 136 Å². The number of rotatable bonds is 5. The van der Waals surface area contributed by atoms with Crippen LogP contribution < -0.4 is 56.9 Å². The highest BCUT2D eigenvalue weighted by molar-refractivity contribution is 6.52. The minimum atomic E-state index is -0.658. The first-order valence-electron chi connectivity index (χ1n) is 26.9. The Morgan fingerprint density at radius 2 is 1.23 bits per heavy atom. The Labute approximate surface area is 426 Å². The number of hydrogen-bond donors (Lipinski definition) is 4. The maximum Gasteiger partial charge on any atom is 0.235 e. The van der Waals surface area contributed by atoms with Crippen LogP contribution in [0.25, 0.3) is 49.0 Å². The number of benzene rings is 6. The third-order valence-corrected chi connectivity index (χ3v) is 17.7. The van der Waals surface area contributed by atoms with Gasteiger partial charge in [0.05, 0.1) is 32.6 Å². The summed E-state index contributed by atoms with van der Waals surface area (Å²) in [5.41, 5.74) is 4.75. The van der Waals surface area contributed by atoms with E-state index in [1.165, 1.54) is 10.9 Å². The number of nitrogens with zero attached hydrogens (tertiary/aromatic N) is 1. The molecule has 3 heterocycles. The van der Waals surface area contributed by atoms with E-state index in [1.807, 2.05) is 42.5 Å². The molecule has 0 bridgehead atoms. The van der Waals surface area contributed by atoms with Gasteiger partial charge in [0, 0.05) is 76.9 Å². The molecule has 0 saturated heterocycles. The molecule has 9 heteroatoms. The number of hydrogen-bond acceptors (Lipinski definition) is 7. The summed E-state index contributed by atoms with van der Waals surface area (Å²) in [4.78, 5) is 40.1. The van der Waals surface area contributed by atoms with Gasteiger partial charge in [-0.15, -0.1) is 0 Å². The van der Waals surface area contributed by atoms with E-state index in [0.717, 1.165) is 101 Å². The molecule has 2 spiro atoms. The Balaban J connectivity index is 0.998. The summed E-state index contributed by atoms with van der Waals surface area (Å²) in [7, 11) is 0. The largest absolute Gasteiger partial charge is 0.871 e. The van der Waals surface area contributed by atoms with Crippen LogP contribution in [-0.2, 0) is 15.0 Å². The van der Waals surface area contributed by atoms with Gasteiger partial charge in [-0.1, -0.05) is 134 Å². The lowest BCUT2D eigenvalue weighted by molar-refractivity contribution is -0.592. The first kappa shape index (κ1) is 45.8. The maximum absolute atomic E-state index is 15.0. The summed E-state index contributed by atoms with van der Waals surface area (Å²) in [6.45, 7) is 18.8. The smallest absolute Gasteiger partial charge is 0.235 e. The van der Waals surface area contributed by atoms with Crippen LogP contribution in [0, 0.1) is 29.6 Å². The second-order valence-corrected chi connectivity index (χ2v) is 24.4. The lowest BCUT2D eigenvalue weighted by Crippen LogP contribution is -2.96. The Morgan fingerprint density at radius 3 is 1.88 bits per heavy atom. The van der Waals surface area contributed by atoms with Gasteiger partial charge < -0.3 is 25.7 Å². The summed E-state index contributed by atoms with van der Waals surface area (Å²) in [6.07, 6.45) is 8.45. The lowest BCUT2D eigenvalue weighted by Gasteiger charge is -2.40. The zero-order valence-corrected chi connectivity index (χ0v) is 43.4. The van der Waals surface area contributed by atoms with Gasteiger partial charge in [-0.3, -0.25) is 9.59 Å². The number of ketones is 2. The van der Waals surface area contributed by atoms with E-state index in [0.29, 0.717) is 56.6 Å². The van der Waals surface area contributed by atoms with Gasteiger partial charge in [0.15, 0.2) is 11.6 Å². The van der Waals surface area contributed by atoms with Gasteiger partial charge in [-0.05, 0) is 106 Å². The number of carbonyl (C=O) groups excluding carboxylic acids is 2. The maximum atomic E-state index is 15.0. The number of anilines is 3. The Hall–Kier alpha value is -7.00. The van der Waals surface area contributed by atoms with E-state index in [-0.39, 0.29) is 45.4 Å². The molecule has 370 valence electrons. The minimum absolute atomic E-state index is 0.162. The van der Waals surface area contributed by atoms with Crippen LogP contribution in [0.4, 0.5) is 17.1 Å². The van der Waals surface area contributed by atoms with E-state index in [1.54, 1.807) is 0 Å². The molecule has 0 aromatic heterocycles. The van der Waals surface area contributed by atoms with Crippen molar-refractivity contribution in [3.05, 3.63) is 152 Å². The van der Waals surface area contributed by atoms with Crippen molar-refractivity contribution in [1.29, 1.82) is 0 Å². The fourth-order valence-electron chi connectivity index (χ4n) is 15.0. The first-order chi connectivity index (χ1) is 34.9. The summed E-state index contributed by atoms with van der Waals surface area (Å²) in [5.74, 6) is 1.09. The average molecular weight is 968 g/mol. The van der Waals surface area contributed by atoms with Crippen LogP contribution >= 0.6 is 0 Å². The third-order valence-electron chi connectivity index (χ3n) is 17.7. The molecule has 6 aromatic rings. The van der Waals surface area contributed by atoms with Crippen molar-refractivity contribution in [2.45, 2.75) is 117 Å². The molecule has 4 unspecified atom stereocenters. The SMILES string of the molecule is CC(C)CCN1/C(=C\C2=C([O-])C(=c3\ccc4ccc(C5=C([O-])/C(=c6\ccc7cccc8c7c6=[NH+]C6(CC(C)CC(C)C6)N8)C5=O)c5c4c3=[NH+]C3(CC(C)CC(C)C3)N5)/C2=O)C(C)(C)c2c1ccc1ccccc21. The van der Waals surface area contributed by atoms with E-state index < -0.39 is 16.7 Å². The third kappa shape index (κ3) is 6.78. The quantitative estimate of drug-likeness (QED) is 0.185. The van der Waals surface area contributed by atoms with Gasteiger partial charge in [0.2, 0.25) is 22.0 Å². The van der Waals surface area contributed by atoms with Crippen molar-refractivity contribution in [2.24, 2.45) is 29.6 Å². The number of Topliss-reactive ketones (excluding diaryl/α,β-unsaturated/α-hetero) is 2. The van der Waals surface area contributed by atoms with Crippen molar-refractivity contribution in [2.75, 3.05) is 22.1 Å². The summed E-state index contributed by atoms with van der Waals surface area (Å²) in [6, 6.07) is 30.8. The number of nitrogens with one attached hydrogen (secondary N) is 4. The van der Waals surface area contributed by atoms with Gasteiger partial charge in [-0.2, -0.15) is 0 Å². The second kappa shape index (κ2) is 16.0. The Morgan fingerprint density at radius 1 is 0.658 bits per heavy atom. The second-order valence-electron chi connectivity index (χ2n) is 24.4. The molecule has 7 aliphatic rings. The molecule has 6 aromatic carbocycles. The van der Waals surface area contributed by atoms with Crippen LogP contribution in [-0.4, -0.2) is 29.4 Å². The fraction of sp³-hybridized carbons (Fsp3) is 0.375. The predicted octanol–water partition coefficient (Wildman–Crippen LogP) is 5.28. The number of allylic oxidation sites excluding steroid dienone is 6. The molecule has 4 atom stereocenters. The number of fused-ring (bicyclic) bond motifs is 3. The van der Waals surface area contributed by atoms with E-state index in [9.17, 15) is 9.90 Å². The van der Waals surface area contributed by atoms with Crippen LogP contribution in [0.1, 0.15) is 111 Å². The predicted molar refractivity (Wildman–Crippen MR) is 286 cm³/mol. The highest BCUT2D eigenvalue weighted by atomic mass is 16.3. The van der Waals surface area contributed by atoms with Crippen molar-refractivity contribution in [3.8, 4) is 0 Å². The molecule has 4 aliphatic carbocycles. The van der Waals surface area contributed by atoms with Crippen molar-refractivity contribution >= 4 is 77.7 Å². The Bertz CT molecular complexity index is 3850. The van der Waals surface area contributed by atoms with Crippen LogP contribution in [0.5, 0.6) is 0 Å².